The standard InChI is InChI=1S/C7H9NS2.H4N2/c1-6-2-4-7(5-3-6)8(9)10;1-2/h2-5,9-10H,1H3;1-2H2. The summed E-state index contributed by atoms with van der Waals surface area (Å²) in [5.41, 5.74) is 2.23. The lowest BCUT2D eigenvalue weighted by atomic mass is 10.2. The molecule has 1 aromatic rings. The zero-order valence-corrected chi connectivity index (χ0v) is 8.59. The van der Waals surface area contributed by atoms with E-state index in [4.69, 9.17) is 0 Å². The van der Waals surface area contributed by atoms with Crippen molar-refractivity contribution in [3.8, 4) is 0 Å². The molecular formula is C7H13N3S2. The van der Waals surface area contributed by atoms with Gasteiger partial charge in [-0.1, -0.05) is 43.3 Å². The first kappa shape index (κ1) is 11.6. The number of benzene rings is 1. The molecule has 12 heavy (non-hydrogen) atoms. The van der Waals surface area contributed by atoms with Crippen molar-refractivity contribution in [2.75, 3.05) is 3.71 Å². The van der Waals surface area contributed by atoms with Gasteiger partial charge in [-0.3, -0.25) is 15.4 Å². The van der Waals surface area contributed by atoms with Crippen LogP contribution in [0, 0.1) is 6.92 Å². The summed E-state index contributed by atoms with van der Waals surface area (Å²) in [4.78, 5) is 0. The van der Waals surface area contributed by atoms with Gasteiger partial charge < -0.3 is 0 Å². The van der Waals surface area contributed by atoms with Crippen molar-refractivity contribution in [1.29, 1.82) is 0 Å². The Hall–Kier alpha value is -0.360. The summed E-state index contributed by atoms with van der Waals surface area (Å²) in [6.07, 6.45) is 0. The van der Waals surface area contributed by atoms with E-state index in [0.29, 0.717) is 0 Å². The molecule has 0 unspecified atom stereocenters. The zero-order valence-electron chi connectivity index (χ0n) is 6.81. The predicted molar refractivity (Wildman–Crippen MR) is 60.0 cm³/mol. The summed E-state index contributed by atoms with van der Waals surface area (Å²) >= 11 is 8.04. The summed E-state index contributed by atoms with van der Waals surface area (Å²) in [5, 5.41) is 0. The van der Waals surface area contributed by atoms with Crippen molar-refractivity contribution < 1.29 is 0 Å². The molecule has 68 valence electrons. The predicted octanol–water partition coefficient (Wildman–Crippen LogP) is 1.31. The van der Waals surface area contributed by atoms with Gasteiger partial charge in [-0.15, -0.1) is 0 Å². The van der Waals surface area contributed by atoms with Crippen molar-refractivity contribution >= 4 is 31.3 Å². The first-order valence-electron chi connectivity index (χ1n) is 3.28. The van der Waals surface area contributed by atoms with Crippen LogP contribution in [0.3, 0.4) is 0 Å². The fraction of sp³-hybridized carbons (Fsp3) is 0.143. The van der Waals surface area contributed by atoms with Gasteiger partial charge in [-0.25, -0.2) is 0 Å². The van der Waals surface area contributed by atoms with Crippen LogP contribution in [0.2, 0.25) is 0 Å². The van der Waals surface area contributed by atoms with Gasteiger partial charge in [-0.05, 0) is 19.1 Å². The third-order valence-electron chi connectivity index (χ3n) is 1.26. The van der Waals surface area contributed by atoms with Crippen LogP contribution in [-0.4, -0.2) is 0 Å². The maximum absolute atomic E-state index is 4.02. The highest BCUT2D eigenvalue weighted by atomic mass is 32.2. The second-order valence-electron chi connectivity index (χ2n) is 2.12. The van der Waals surface area contributed by atoms with E-state index in [0.717, 1.165) is 5.69 Å². The van der Waals surface area contributed by atoms with Crippen LogP contribution >= 0.6 is 25.6 Å². The maximum Gasteiger partial charge on any atom is 0.0588 e. The number of rotatable bonds is 1. The molecule has 0 aromatic heterocycles. The highest BCUT2D eigenvalue weighted by molar-refractivity contribution is 8.00. The molecule has 0 heterocycles. The molecule has 0 fully saturated rings. The Bertz CT molecular complexity index is 210. The van der Waals surface area contributed by atoms with Gasteiger partial charge >= 0.3 is 0 Å². The number of anilines is 1. The summed E-state index contributed by atoms with van der Waals surface area (Å²) in [6.45, 7) is 2.05. The molecule has 0 saturated heterocycles. The summed E-state index contributed by atoms with van der Waals surface area (Å²) in [7, 11) is 0. The van der Waals surface area contributed by atoms with Gasteiger partial charge in [0.05, 0.1) is 5.69 Å². The second kappa shape index (κ2) is 6.19. The fourth-order valence-corrected chi connectivity index (χ4v) is 0.945. The number of nitrogens with two attached hydrogens (primary N) is 2. The molecule has 1 rings (SSSR count). The lowest BCUT2D eigenvalue weighted by Gasteiger charge is -2.07. The van der Waals surface area contributed by atoms with E-state index in [9.17, 15) is 0 Å². The fourth-order valence-electron chi connectivity index (χ4n) is 0.678. The van der Waals surface area contributed by atoms with Gasteiger partial charge in [0.25, 0.3) is 0 Å². The number of hydrogen-bond acceptors (Lipinski definition) is 5. The van der Waals surface area contributed by atoms with Crippen molar-refractivity contribution in [2.24, 2.45) is 11.7 Å². The van der Waals surface area contributed by atoms with Crippen molar-refractivity contribution in [3.63, 3.8) is 0 Å². The Labute approximate surface area is 83.8 Å². The molecule has 0 amide bonds. The zero-order chi connectivity index (χ0) is 9.56. The molecule has 0 aliphatic carbocycles. The van der Waals surface area contributed by atoms with Gasteiger partial charge in [0.1, 0.15) is 0 Å². The van der Waals surface area contributed by atoms with E-state index in [1.165, 1.54) is 9.27 Å². The number of thiol groups is 2. The van der Waals surface area contributed by atoms with E-state index in [1.54, 1.807) is 0 Å². The third kappa shape index (κ3) is 3.87. The number of hydrogen-bond donors (Lipinski definition) is 4. The smallest absolute Gasteiger partial charge is 0.0588 e. The van der Waals surface area contributed by atoms with E-state index in [2.05, 4.69) is 37.3 Å². The molecule has 4 N–H and O–H groups in total. The van der Waals surface area contributed by atoms with Gasteiger partial charge in [0.2, 0.25) is 0 Å². The Morgan fingerprint density at radius 2 is 1.50 bits per heavy atom. The average molecular weight is 203 g/mol. The number of nitrogens with zero attached hydrogens (tertiary/aromatic N) is 1. The van der Waals surface area contributed by atoms with Gasteiger partial charge in [-0.2, -0.15) is 0 Å². The largest absolute Gasteiger partial charge is 0.274 e. The van der Waals surface area contributed by atoms with Crippen molar-refractivity contribution in [1.82, 2.24) is 0 Å². The minimum absolute atomic E-state index is 0.984. The SMILES string of the molecule is Cc1ccc(N(S)S)cc1.NN. The Morgan fingerprint density at radius 3 is 1.83 bits per heavy atom. The van der Waals surface area contributed by atoms with Crippen LogP contribution in [0.1, 0.15) is 5.56 Å². The van der Waals surface area contributed by atoms with Crippen LogP contribution in [-0.2, 0) is 0 Å². The van der Waals surface area contributed by atoms with Crippen LogP contribution in [0.4, 0.5) is 5.69 Å². The Balaban J connectivity index is 0.000000561. The van der Waals surface area contributed by atoms with E-state index >= 15 is 0 Å². The lowest BCUT2D eigenvalue weighted by Crippen LogP contribution is -2.02. The van der Waals surface area contributed by atoms with E-state index in [1.807, 2.05) is 31.2 Å². The van der Waals surface area contributed by atoms with E-state index < -0.39 is 0 Å². The Kier molecular flexibility index (Phi) is 6.00. The number of aryl methyl sites for hydroxylation is 1. The van der Waals surface area contributed by atoms with Crippen LogP contribution in [0.25, 0.3) is 0 Å². The maximum atomic E-state index is 4.02. The lowest BCUT2D eigenvalue weighted by molar-refractivity contribution is 1.26. The van der Waals surface area contributed by atoms with Crippen LogP contribution in [0.5, 0.6) is 0 Å². The number of hydrazine groups is 1. The van der Waals surface area contributed by atoms with E-state index in [-0.39, 0.29) is 0 Å². The molecule has 0 aliphatic heterocycles. The summed E-state index contributed by atoms with van der Waals surface area (Å²) in [5.74, 6) is 8.00. The first-order chi connectivity index (χ1) is 5.70. The summed E-state index contributed by atoms with van der Waals surface area (Å²) in [6, 6.07) is 7.98. The average Bonchev–Trinajstić information content (AvgIpc) is 2.09. The molecule has 5 heteroatoms. The third-order valence-corrected chi connectivity index (χ3v) is 1.73. The quantitative estimate of drug-likeness (QED) is 0.316. The molecule has 0 spiro atoms. The molecule has 0 bridgehead atoms. The van der Waals surface area contributed by atoms with Crippen LogP contribution < -0.4 is 15.4 Å². The molecule has 0 radical (unpaired) electrons. The minimum Gasteiger partial charge on any atom is -0.274 e. The van der Waals surface area contributed by atoms with Crippen LogP contribution in [0.15, 0.2) is 24.3 Å². The van der Waals surface area contributed by atoms with Gasteiger partial charge in [0.15, 0.2) is 0 Å². The highest BCUT2D eigenvalue weighted by Crippen LogP contribution is 2.17. The monoisotopic (exact) mass is 203 g/mol. The Morgan fingerprint density at radius 1 is 1.08 bits per heavy atom. The topological polar surface area (TPSA) is 55.3 Å². The van der Waals surface area contributed by atoms with Crippen molar-refractivity contribution in [3.05, 3.63) is 29.8 Å². The molecular weight excluding hydrogens is 190 g/mol. The molecule has 1 aromatic carbocycles. The minimum atomic E-state index is 0.984. The van der Waals surface area contributed by atoms with Gasteiger partial charge in [0, 0.05) is 0 Å². The normalized spacial score (nSPS) is 8.42. The molecule has 0 saturated carbocycles. The molecule has 3 nitrogen and oxygen atoms in total. The first-order valence-corrected chi connectivity index (χ1v) is 4.08. The molecule has 0 aliphatic rings. The van der Waals surface area contributed by atoms with Crippen molar-refractivity contribution in [2.45, 2.75) is 6.92 Å². The highest BCUT2D eigenvalue weighted by Gasteiger charge is 1.92. The second-order valence-corrected chi connectivity index (χ2v) is 3.24. The summed E-state index contributed by atoms with van der Waals surface area (Å²) < 4.78 is 1.49. The molecule has 0 atom stereocenters.